The van der Waals surface area contributed by atoms with E-state index in [1.54, 1.807) is 6.07 Å². The fourth-order valence-corrected chi connectivity index (χ4v) is 6.81. The van der Waals surface area contributed by atoms with Gasteiger partial charge in [0.25, 0.3) is 0 Å². The lowest BCUT2D eigenvalue weighted by Crippen LogP contribution is -2.48. The predicted molar refractivity (Wildman–Crippen MR) is 129 cm³/mol. The van der Waals surface area contributed by atoms with Gasteiger partial charge < -0.3 is 20.1 Å². The minimum Gasteiger partial charge on any atom is -0.507 e. The Balaban J connectivity index is 1.48. The number of aromatic hydroxyl groups is 1. The van der Waals surface area contributed by atoms with Crippen LogP contribution in [-0.4, -0.2) is 34.5 Å². The minimum absolute atomic E-state index is 0.0742. The van der Waals surface area contributed by atoms with Gasteiger partial charge >= 0.3 is 5.97 Å². The van der Waals surface area contributed by atoms with Gasteiger partial charge in [-0.3, -0.25) is 0 Å². The molecule has 6 rings (SSSR count). The Morgan fingerprint density at radius 3 is 2.18 bits per heavy atom. The van der Waals surface area contributed by atoms with Crippen molar-refractivity contribution in [2.45, 2.75) is 50.9 Å². The van der Waals surface area contributed by atoms with Crippen LogP contribution in [0.1, 0.15) is 72.5 Å². The van der Waals surface area contributed by atoms with E-state index in [0.717, 1.165) is 29.1 Å². The topological polar surface area (TPSA) is 87.0 Å². The van der Waals surface area contributed by atoms with Crippen molar-refractivity contribution >= 4 is 5.97 Å². The molecule has 34 heavy (non-hydrogen) atoms. The Labute approximate surface area is 200 Å². The monoisotopic (exact) mass is 460 g/mol. The Kier molecular flexibility index (Phi) is 6.04. The van der Waals surface area contributed by atoms with Gasteiger partial charge in [-0.25, -0.2) is 4.79 Å². The lowest BCUT2D eigenvalue weighted by Gasteiger charge is -2.57. The number of aliphatic hydroxyl groups excluding tert-OH is 1. The number of benzene rings is 2. The highest BCUT2D eigenvalue weighted by molar-refractivity contribution is 5.90. The number of ether oxygens (including phenoxy) is 1. The summed E-state index contributed by atoms with van der Waals surface area (Å²) in [6.07, 6.45) is 7.75. The molecule has 1 atom stereocenters. The van der Waals surface area contributed by atoms with Gasteiger partial charge in [-0.1, -0.05) is 18.8 Å². The van der Waals surface area contributed by atoms with Crippen LogP contribution in [0.3, 0.4) is 0 Å². The van der Waals surface area contributed by atoms with Gasteiger partial charge in [-0.2, -0.15) is 0 Å². The van der Waals surface area contributed by atoms with Gasteiger partial charge in [0.2, 0.25) is 0 Å². The SMILES string of the molecule is CC(CO)COc1ccc(C#Cc2ccc(C(=O)O)c(O)c2)cc1C12CC3CC(CC(C3)C1)C2. The molecular formula is C29H32O5. The molecule has 0 spiro atoms. The molecule has 0 heterocycles. The standard InChI is InChI=1S/C29H32O5/c1-18(16-30)17-34-27-7-5-19(2-3-20-4-6-24(28(32)33)26(31)12-20)11-25(27)29-13-21-8-22(14-29)10-23(9-21)15-29/h4-7,11-12,18,21-23,30-31H,8-10,13-17H2,1H3,(H,32,33). The van der Waals surface area contributed by atoms with Crippen molar-refractivity contribution in [1.29, 1.82) is 0 Å². The smallest absolute Gasteiger partial charge is 0.339 e. The van der Waals surface area contributed by atoms with Crippen LogP contribution in [0.15, 0.2) is 36.4 Å². The van der Waals surface area contributed by atoms with Gasteiger partial charge in [0, 0.05) is 29.2 Å². The van der Waals surface area contributed by atoms with Crippen molar-refractivity contribution in [3.05, 3.63) is 58.7 Å². The molecule has 0 aromatic heterocycles. The van der Waals surface area contributed by atoms with E-state index < -0.39 is 5.97 Å². The van der Waals surface area contributed by atoms with E-state index in [1.807, 2.05) is 19.1 Å². The van der Waals surface area contributed by atoms with Crippen LogP contribution in [0.25, 0.3) is 0 Å². The fourth-order valence-electron chi connectivity index (χ4n) is 6.81. The summed E-state index contributed by atoms with van der Waals surface area (Å²) in [7, 11) is 0. The van der Waals surface area contributed by atoms with E-state index in [9.17, 15) is 15.0 Å². The van der Waals surface area contributed by atoms with Crippen molar-refractivity contribution in [3.63, 3.8) is 0 Å². The van der Waals surface area contributed by atoms with Crippen molar-refractivity contribution in [3.8, 4) is 23.3 Å². The zero-order chi connectivity index (χ0) is 23.9. The summed E-state index contributed by atoms with van der Waals surface area (Å²) >= 11 is 0. The van der Waals surface area contributed by atoms with Crippen LogP contribution in [-0.2, 0) is 5.41 Å². The van der Waals surface area contributed by atoms with Gasteiger partial charge in [-0.05, 0) is 98.1 Å². The van der Waals surface area contributed by atoms with Gasteiger partial charge in [0.05, 0.1) is 6.61 Å². The van der Waals surface area contributed by atoms with Crippen molar-refractivity contribution < 1.29 is 24.9 Å². The average Bonchev–Trinajstić information content (AvgIpc) is 2.80. The minimum atomic E-state index is -1.16. The molecule has 5 nitrogen and oxygen atoms in total. The summed E-state index contributed by atoms with van der Waals surface area (Å²) in [5.41, 5.74) is 2.72. The fraction of sp³-hybridized carbons (Fsp3) is 0.483. The Morgan fingerprint density at radius 2 is 1.62 bits per heavy atom. The molecule has 1 unspecified atom stereocenters. The maximum Gasteiger partial charge on any atom is 0.339 e. The second kappa shape index (κ2) is 9.00. The molecule has 2 aromatic carbocycles. The zero-order valence-electron chi connectivity index (χ0n) is 19.6. The Morgan fingerprint density at radius 1 is 1.03 bits per heavy atom. The highest BCUT2D eigenvalue weighted by atomic mass is 16.5. The number of hydrogen-bond donors (Lipinski definition) is 3. The number of aromatic carboxylic acids is 1. The number of hydrogen-bond acceptors (Lipinski definition) is 4. The van der Waals surface area contributed by atoms with Gasteiger partial charge in [-0.15, -0.1) is 0 Å². The van der Waals surface area contributed by atoms with Gasteiger partial charge in [0.1, 0.15) is 17.1 Å². The van der Waals surface area contributed by atoms with E-state index >= 15 is 0 Å². The van der Waals surface area contributed by atoms with Crippen LogP contribution in [0.5, 0.6) is 11.5 Å². The summed E-state index contributed by atoms with van der Waals surface area (Å²) in [6.45, 7) is 2.56. The molecule has 4 fully saturated rings. The second-order valence-electron chi connectivity index (χ2n) is 10.8. The van der Waals surface area contributed by atoms with Crippen LogP contribution >= 0.6 is 0 Å². The summed E-state index contributed by atoms with van der Waals surface area (Å²) in [5.74, 6) is 8.24. The first-order valence-corrected chi connectivity index (χ1v) is 12.3. The van der Waals surface area contributed by atoms with Crippen LogP contribution in [0.4, 0.5) is 0 Å². The number of carbonyl (C=O) groups is 1. The first kappa shape index (κ1) is 22.8. The molecule has 4 bridgehead atoms. The molecule has 4 aliphatic carbocycles. The molecule has 0 aliphatic heterocycles. The molecular weight excluding hydrogens is 428 g/mol. The molecule has 0 radical (unpaired) electrons. The third-order valence-electron chi connectivity index (χ3n) is 8.00. The normalized spacial score (nSPS) is 27.6. The van der Waals surface area contributed by atoms with Gasteiger partial charge in [0.15, 0.2) is 0 Å². The van der Waals surface area contributed by atoms with E-state index in [1.165, 1.54) is 56.2 Å². The van der Waals surface area contributed by atoms with E-state index in [0.29, 0.717) is 12.2 Å². The average molecular weight is 461 g/mol. The van der Waals surface area contributed by atoms with Crippen molar-refractivity contribution in [2.75, 3.05) is 13.2 Å². The number of carboxylic acids is 1. The molecule has 5 heteroatoms. The largest absolute Gasteiger partial charge is 0.507 e. The van der Waals surface area contributed by atoms with Crippen molar-refractivity contribution in [1.82, 2.24) is 0 Å². The van der Waals surface area contributed by atoms with Crippen LogP contribution < -0.4 is 4.74 Å². The zero-order valence-corrected chi connectivity index (χ0v) is 19.6. The summed E-state index contributed by atoms with van der Waals surface area (Å²) in [5, 5.41) is 28.5. The molecule has 0 saturated heterocycles. The van der Waals surface area contributed by atoms with Crippen LogP contribution in [0.2, 0.25) is 0 Å². The maximum atomic E-state index is 11.1. The molecule has 4 aliphatic rings. The highest BCUT2D eigenvalue weighted by Crippen LogP contribution is 2.62. The van der Waals surface area contributed by atoms with Crippen LogP contribution in [0, 0.1) is 35.5 Å². The molecule has 4 saturated carbocycles. The van der Waals surface area contributed by atoms with Crippen molar-refractivity contribution in [2.24, 2.45) is 23.7 Å². The first-order valence-electron chi connectivity index (χ1n) is 12.3. The third-order valence-corrected chi connectivity index (χ3v) is 8.00. The molecule has 0 amide bonds. The second-order valence-corrected chi connectivity index (χ2v) is 10.8. The summed E-state index contributed by atoms with van der Waals surface area (Å²) in [4.78, 5) is 11.1. The molecule has 3 N–H and O–H groups in total. The number of aliphatic hydroxyl groups is 1. The maximum absolute atomic E-state index is 11.1. The Bertz CT molecular complexity index is 1120. The van der Waals surface area contributed by atoms with E-state index in [2.05, 4.69) is 17.9 Å². The summed E-state index contributed by atoms with van der Waals surface area (Å²) < 4.78 is 6.25. The number of phenols is 1. The number of rotatable bonds is 6. The molecule has 178 valence electrons. The lowest BCUT2D eigenvalue weighted by atomic mass is 9.48. The summed E-state index contributed by atoms with van der Waals surface area (Å²) in [6, 6.07) is 10.6. The Hall–Kier alpha value is -2.97. The van der Waals surface area contributed by atoms with E-state index in [-0.39, 0.29) is 29.3 Å². The van der Waals surface area contributed by atoms with E-state index in [4.69, 9.17) is 9.84 Å². The highest BCUT2D eigenvalue weighted by Gasteiger charge is 2.52. The third kappa shape index (κ3) is 4.40. The first-order chi connectivity index (χ1) is 16.3. The quantitative estimate of drug-likeness (QED) is 0.530. The lowest BCUT2D eigenvalue weighted by molar-refractivity contribution is -0.00659. The number of carboxylic acid groups (broad SMARTS) is 1. The predicted octanol–water partition coefficient (Wildman–Crippen LogP) is 4.97. The molecule has 2 aromatic rings.